The normalized spacial score (nSPS) is 14.6. The van der Waals surface area contributed by atoms with Crippen LogP contribution >= 0.6 is 7.37 Å². The quantitative estimate of drug-likeness (QED) is 0.434. The van der Waals surface area contributed by atoms with Gasteiger partial charge in [0.1, 0.15) is 0 Å². The van der Waals surface area contributed by atoms with Crippen LogP contribution < -0.4 is 11.0 Å². The van der Waals surface area contributed by atoms with E-state index >= 15 is 0 Å². The predicted octanol–water partition coefficient (Wildman–Crippen LogP) is 1.56. The summed E-state index contributed by atoms with van der Waals surface area (Å²) in [6.45, 7) is 0. The van der Waals surface area contributed by atoms with Gasteiger partial charge in [0.05, 0.1) is 20.1 Å². The molecule has 1 rings (SSSR count). The molecule has 0 aromatic heterocycles. The van der Waals surface area contributed by atoms with E-state index in [1.807, 2.05) is 0 Å². The van der Waals surface area contributed by atoms with Crippen LogP contribution in [0.2, 0.25) is 0 Å². The topological polar surface area (TPSA) is 105 Å². The monoisotopic (exact) mass is 343 g/mol. The summed E-state index contributed by atoms with van der Waals surface area (Å²) >= 11 is 0. The zero-order valence-corrected chi connectivity index (χ0v) is 14.4. The van der Waals surface area contributed by atoms with E-state index in [0.29, 0.717) is 11.0 Å². The Hall–Kier alpha value is -1.85. The maximum absolute atomic E-state index is 13.1. The SMILES string of the molecule is COC(=O)CCC(CP(=O)(OC)c1ccc(N)cc1)C(=O)OC. The van der Waals surface area contributed by atoms with Gasteiger partial charge in [-0.15, -0.1) is 0 Å². The maximum Gasteiger partial charge on any atom is 0.309 e. The summed E-state index contributed by atoms with van der Waals surface area (Å²) in [6, 6.07) is 6.44. The highest BCUT2D eigenvalue weighted by Gasteiger charge is 2.33. The van der Waals surface area contributed by atoms with E-state index < -0.39 is 25.2 Å². The van der Waals surface area contributed by atoms with Crippen LogP contribution in [0.25, 0.3) is 0 Å². The third-order valence-electron chi connectivity index (χ3n) is 3.50. The highest BCUT2D eigenvalue weighted by Crippen LogP contribution is 2.47. The molecule has 0 spiro atoms. The fourth-order valence-corrected chi connectivity index (χ4v) is 4.21. The summed E-state index contributed by atoms with van der Waals surface area (Å²) in [6.07, 6.45) is 0.139. The van der Waals surface area contributed by atoms with Crippen molar-refractivity contribution < 1.29 is 28.2 Å². The number of methoxy groups -OCH3 is 2. The first kappa shape index (κ1) is 19.2. The average Bonchev–Trinajstić information content (AvgIpc) is 2.57. The lowest BCUT2D eigenvalue weighted by Gasteiger charge is -2.21. The summed E-state index contributed by atoms with van der Waals surface area (Å²) in [7, 11) is 0.565. The Labute approximate surface area is 135 Å². The van der Waals surface area contributed by atoms with Crippen molar-refractivity contribution in [1.29, 1.82) is 0 Å². The fraction of sp³-hybridized carbons (Fsp3) is 0.467. The van der Waals surface area contributed by atoms with Crippen molar-refractivity contribution in [2.24, 2.45) is 5.92 Å². The van der Waals surface area contributed by atoms with E-state index in [4.69, 9.17) is 15.0 Å². The third-order valence-corrected chi connectivity index (χ3v) is 6.10. The molecule has 0 aliphatic rings. The highest BCUT2D eigenvalue weighted by molar-refractivity contribution is 7.67. The van der Waals surface area contributed by atoms with Crippen LogP contribution in [0.15, 0.2) is 24.3 Å². The third kappa shape index (κ3) is 5.37. The van der Waals surface area contributed by atoms with E-state index in [-0.39, 0.29) is 19.0 Å². The molecule has 8 heteroatoms. The van der Waals surface area contributed by atoms with E-state index in [2.05, 4.69) is 4.74 Å². The van der Waals surface area contributed by atoms with E-state index in [0.717, 1.165) is 0 Å². The molecule has 0 saturated heterocycles. The number of ether oxygens (including phenoxy) is 2. The van der Waals surface area contributed by atoms with Gasteiger partial charge >= 0.3 is 11.9 Å². The van der Waals surface area contributed by atoms with Crippen LogP contribution in [0.3, 0.4) is 0 Å². The van der Waals surface area contributed by atoms with Crippen molar-refractivity contribution in [2.45, 2.75) is 12.8 Å². The van der Waals surface area contributed by atoms with Crippen LogP contribution in [0, 0.1) is 5.92 Å². The Kier molecular flexibility index (Phi) is 7.26. The van der Waals surface area contributed by atoms with Crippen LogP contribution in [0.4, 0.5) is 5.69 Å². The number of nitrogen functional groups attached to an aromatic ring is 1. The molecule has 2 N–H and O–H groups in total. The lowest BCUT2D eigenvalue weighted by molar-refractivity contribution is -0.146. The number of hydrogen-bond donors (Lipinski definition) is 1. The van der Waals surface area contributed by atoms with Gasteiger partial charge < -0.3 is 19.7 Å². The molecule has 0 fully saturated rings. The van der Waals surface area contributed by atoms with Crippen molar-refractivity contribution in [3.05, 3.63) is 24.3 Å². The minimum absolute atomic E-state index is 0.0295. The fourth-order valence-electron chi connectivity index (χ4n) is 2.12. The van der Waals surface area contributed by atoms with Gasteiger partial charge in [-0.05, 0) is 30.7 Å². The van der Waals surface area contributed by atoms with E-state index in [1.54, 1.807) is 24.3 Å². The van der Waals surface area contributed by atoms with Gasteiger partial charge in [0.25, 0.3) is 0 Å². The molecule has 0 bridgehead atoms. The molecule has 23 heavy (non-hydrogen) atoms. The first-order chi connectivity index (χ1) is 10.9. The van der Waals surface area contributed by atoms with Crippen molar-refractivity contribution in [3.8, 4) is 0 Å². The van der Waals surface area contributed by atoms with Gasteiger partial charge in [0.2, 0.25) is 7.37 Å². The largest absolute Gasteiger partial charge is 0.469 e. The second kappa shape index (κ2) is 8.70. The Morgan fingerprint density at radius 1 is 1.13 bits per heavy atom. The van der Waals surface area contributed by atoms with Crippen molar-refractivity contribution in [2.75, 3.05) is 33.2 Å². The number of benzene rings is 1. The van der Waals surface area contributed by atoms with Gasteiger partial charge in [-0.3, -0.25) is 14.2 Å². The molecule has 128 valence electrons. The van der Waals surface area contributed by atoms with E-state index in [9.17, 15) is 14.2 Å². The van der Waals surface area contributed by atoms with Gasteiger partial charge in [-0.1, -0.05) is 0 Å². The molecular formula is C15H22NO6P. The highest BCUT2D eigenvalue weighted by atomic mass is 31.2. The first-order valence-corrected chi connectivity index (χ1v) is 8.82. The Balaban J connectivity index is 2.97. The summed E-state index contributed by atoms with van der Waals surface area (Å²) < 4.78 is 27.6. The maximum atomic E-state index is 13.1. The molecule has 7 nitrogen and oxygen atoms in total. The number of carbonyl (C=O) groups is 2. The molecule has 0 heterocycles. The van der Waals surface area contributed by atoms with Crippen LogP contribution in [-0.4, -0.2) is 39.4 Å². The van der Waals surface area contributed by atoms with Crippen LogP contribution in [-0.2, 0) is 28.2 Å². The van der Waals surface area contributed by atoms with Crippen LogP contribution in [0.1, 0.15) is 12.8 Å². The second-order valence-electron chi connectivity index (χ2n) is 4.96. The van der Waals surface area contributed by atoms with E-state index in [1.165, 1.54) is 21.3 Å². The first-order valence-electron chi connectivity index (χ1n) is 7.01. The minimum atomic E-state index is -3.27. The molecule has 0 aliphatic carbocycles. The Bertz CT molecular complexity index is 586. The lowest BCUT2D eigenvalue weighted by atomic mass is 10.1. The van der Waals surface area contributed by atoms with Gasteiger partial charge in [0.15, 0.2) is 0 Å². The molecule has 2 atom stereocenters. The number of hydrogen-bond acceptors (Lipinski definition) is 7. The Morgan fingerprint density at radius 3 is 2.22 bits per heavy atom. The summed E-state index contributed by atoms with van der Waals surface area (Å²) in [4.78, 5) is 23.2. The molecule has 1 aromatic rings. The predicted molar refractivity (Wildman–Crippen MR) is 86.7 cm³/mol. The summed E-state index contributed by atoms with van der Waals surface area (Å²) in [5, 5.41) is 0.459. The molecule has 0 aliphatic heterocycles. The summed E-state index contributed by atoms with van der Waals surface area (Å²) in [5.41, 5.74) is 6.16. The number of carbonyl (C=O) groups excluding carboxylic acids is 2. The summed E-state index contributed by atoms with van der Waals surface area (Å²) in [5.74, 6) is -1.72. The Morgan fingerprint density at radius 2 is 1.74 bits per heavy atom. The zero-order valence-electron chi connectivity index (χ0n) is 13.5. The zero-order chi connectivity index (χ0) is 17.5. The molecule has 2 unspecified atom stereocenters. The number of rotatable bonds is 8. The van der Waals surface area contributed by atoms with Gasteiger partial charge in [-0.25, -0.2) is 0 Å². The molecule has 0 saturated carbocycles. The number of anilines is 1. The lowest BCUT2D eigenvalue weighted by Crippen LogP contribution is -2.24. The molecule has 0 amide bonds. The number of nitrogens with two attached hydrogens (primary N) is 1. The van der Waals surface area contributed by atoms with Crippen molar-refractivity contribution in [1.82, 2.24) is 0 Å². The van der Waals surface area contributed by atoms with Gasteiger partial charge in [-0.2, -0.15) is 0 Å². The molecule has 0 radical (unpaired) electrons. The second-order valence-corrected chi connectivity index (χ2v) is 7.56. The minimum Gasteiger partial charge on any atom is -0.469 e. The van der Waals surface area contributed by atoms with Crippen LogP contribution in [0.5, 0.6) is 0 Å². The standard InChI is InChI=1S/C15H22NO6P/c1-20-14(17)9-4-11(15(18)21-2)10-23(19,22-3)13-7-5-12(16)6-8-13/h5-8,11H,4,9-10,16H2,1-3H3. The molecular weight excluding hydrogens is 321 g/mol. The average molecular weight is 343 g/mol. The van der Waals surface area contributed by atoms with Crippen molar-refractivity contribution >= 4 is 30.3 Å². The molecule has 1 aromatic carbocycles. The van der Waals surface area contributed by atoms with Gasteiger partial charge in [0, 0.05) is 30.7 Å². The van der Waals surface area contributed by atoms with Crippen molar-refractivity contribution in [3.63, 3.8) is 0 Å². The number of esters is 2. The smallest absolute Gasteiger partial charge is 0.309 e.